The molecule has 1 amide bonds. The quantitative estimate of drug-likeness (QED) is 0.696. The zero-order valence-corrected chi connectivity index (χ0v) is 16.2. The first kappa shape index (κ1) is 20.3. The van der Waals surface area contributed by atoms with Crippen molar-refractivity contribution < 1.29 is 15.0 Å². The van der Waals surface area contributed by atoms with Gasteiger partial charge in [-0.25, -0.2) is 0 Å². The Kier molecular flexibility index (Phi) is 7.24. The molecule has 150 valence electrons. The monoisotopic (exact) mass is 375 g/mol. The van der Waals surface area contributed by atoms with E-state index in [9.17, 15) is 9.90 Å². The largest absolute Gasteiger partial charge is 0.395 e. The second-order valence-electron chi connectivity index (χ2n) is 7.86. The van der Waals surface area contributed by atoms with Gasteiger partial charge in [-0.3, -0.25) is 14.6 Å². The number of amides is 1. The van der Waals surface area contributed by atoms with Gasteiger partial charge in [0.05, 0.1) is 6.61 Å². The van der Waals surface area contributed by atoms with Gasteiger partial charge >= 0.3 is 0 Å². The minimum Gasteiger partial charge on any atom is -0.395 e. The van der Waals surface area contributed by atoms with Gasteiger partial charge in [0.2, 0.25) is 0 Å². The highest BCUT2D eigenvalue weighted by molar-refractivity contribution is 5.86. The summed E-state index contributed by atoms with van der Waals surface area (Å²) in [7, 11) is 0. The molecule has 2 heterocycles. The lowest BCUT2D eigenvalue weighted by Crippen LogP contribution is -2.60. The summed E-state index contributed by atoms with van der Waals surface area (Å²) in [5.74, 6) is -0.0976. The van der Waals surface area contributed by atoms with Crippen LogP contribution in [0.4, 0.5) is 0 Å². The SMILES string of the molecule is O=C1N(CCCc2ccccc2)CCCC1(O)CN1CCN(CCO)CC1. The van der Waals surface area contributed by atoms with E-state index < -0.39 is 5.60 Å². The molecule has 0 radical (unpaired) electrons. The number of aryl methyl sites for hydroxylation is 1. The highest BCUT2D eigenvalue weighted by Gasteiger charge is 2.43. The van der Waals surface area contributed by atoms with Crippen LogP contribution >= 0.6 is 0 Å². The normalized spacial score (nSPS) is 25.1. The minimum atomic E-state index is -1.25. The summed E-state index contributed by atoms with van der Waals surface area (Å²) in [6, 6.07) is 10.3. The standard InChI is InChI=1S/C21H33N3O3/c25-17-16-22-12-14-23(15-13-22)18-21(27)9-5-11-24(20(21)26)10-4-8-19-6-2-1-3-7-19/h1-3,6-7,25,27H,4-5,8-18H2. The molecule has 2 saturated heterocycles. The number of nitrogens with zero attached hydrogens (tertiary/aromatic N) is 3. The molecule has 1 aromatic rings. The molecule has 0 spiro atoms. The number of likely N-dealkylation sites (tertiary alicyclic amines) is 1. The van der Waals surface area contributed by atoms with Gasteiger partial charge in [-0.15, -0.1) is 0 Å². The van der Waals surface area contributed by atoms with Gasteiger partial charge in [-0.05, 0) is 31.2 Å². The van der Waals surface area contributed by atoms with E-state index in [0.717, 1.165) is 52.0 Å². The van der Waals surface area contributed by atoms with Crippen LogP contribution in [0.3, 0.4) is 0 Å². The molecule has 0 saturated carbocycles. The number of aliphatic hydroxyl groups excluding tert-OH is 1. The summed E-state index contributed by atoms with van der Waals surface area (Å²) in [4.78, 5) is 19.2. The number of β-amino-alcohol motifs (C(OH)–C–C–N with tert-alkyl or cyclic N) is 2. The molecular weight excluding hydrogens is 342 g/mol. The first-order valence-electron chi connectivity index (χ1n) is 10.2. The number of hydrogen-bond donors (Lipinski definition) is 2. The third-order valence-electron chi connectivity index (χ3n) is 5.81. The van der Waals surface area contributed by atoms with Gasteiger partial charge in [0.15, 0.2) is 5.60 Å². The highest BCUT2D eigenvalue weighted by atomic mass is 16.3. The van der Waals surface area contributed by atoms with Crippen molar-refractivity contribution >= 4 is 5.91 Å². The van der Waals surface area contributed by atoms with Gasteiger partial charge in [0.1, 0.15) is 0 Å². The Balaban J connectivity index is 1.48. The van der Waals surface area contributed by atoms with Crippen molar-refractivity contribution in [1.82, 2.24) is 14.7 Å². The Morgan fingerprint density at radius 1 is 0.963 bits per heavy atom. The molecule has 2 N–H and O–H groups in total. The predicted molar refractivity (Wildman–Crippen MR) is 105 cm³/mol. The van der Waals surface area contributed by atoms with E-state index in [2.05, 4.69) is 21.9 Å². The van der Waals surface area contributed by atoms with Crippen molar-refractivity contribution in [1.29, 1.82) is 0 Å². The topological polar surface area (TPSA) is 67.3 Å². The minimum absolute atomic E-state index is 0.0976. The molecule has 0 bridgehead atoms. The Bertz CT molecular complexity index is 590. The van der Waals surface area contributed by atoms with Gasteiger partial charge in [-0.2, -0.15) is 0 Å². The van der Waals surface area contributed by atoms with Crippen LogP contribution in [0.15, 0.2) is 30.3 Å². The molecule has 0 aliphatic carbocycles. The van der Waals surface area contributed by atoms with Crippen LogP contribution in [0, 0.1) is 0 Å². The maximum absolute atomic E-state index is 12.9. The lowest BCUT2D eigenvalue weighted by Gasteiger charge is -2.43. The summed E-state index contributed by atoms with van der Waals surface area (Å²) in [5.41, 5.74) is 0.0439. The van der Waals surface area contributed by atoms with Crippen molar-refractivity contribution in [3.05, 3.63) is 35.9 Å². The average Bonchev–Trinajstić information content (AvgIpc) is 2.68. The maximum Gasteiger partial charge on any atom is 0.255 e. The molecule has 6 heteroatoms. The van der Waals surface area contributed by atoms with Crippen LogP contribution in [-0.4, -0.2) is 95.4 Å². The number of rotatable bonds is 8. The van der Waals surface area contributed by atoms with Crippen molar-refractivity contribution in [3.63, 3.8) is 0 Å². The predicted octanol–water partition coefficient (Wildman–Crippen LogP) is 0.583. The number of hydrogen-bond acceptors (Lipinski definition) is 5. The van der Waals surface area contributed by atoms with E-state index in [0.29, 0.717) is 26.1 Å². The lowest BCUT2D eigenvalue weighted by atomic mass is 9.90. The number of benzene rings is 1. The van der Waals surface area contributed by atoms with E-state index >= 15 is 0 Å². The molecule has 27 heavy (non-hydrogen) atoms. The van der Waals surface area contributed by atoms with Crippen molar-refractivity contribution in [2.24, 2.45) is 0 Å². The van der Waals surface area contributed by atoms with E-state index in [1.807, 2.05) is 23.1 Å². The Morgan fingerprint density at radius 2 is 1.67 bits per heavy atom. The first-order chi connectivity index (χ1) is 13.1. The van der Waals surface area contributed by atoms with Crippen LogP contribution in [0.1, 0.15) is 24.8 Å². The second-order valence-corrected chi connectivity index (χ2v) is 7.86. The third kappa shape index (κ3) is 5.51. The number of carbonyl (C=O) groups excluding carboxylic acids is 1. The molecule has 2 aliphatic rings. The molecule has 1 atom stereocenters. The summed E-state index contributed by atoms with van der Waals surface area (Å²) in [6.07, 6.45) is 3.29. The first-order valence-corrected chi connectivity index (χ1v) is 10.2. The summed E-state index contributed by atoms with van der Waals surface area (Å²) in [5, 5.41) is 20.1. The zero-order valence-electron chi connectivity index (χ0n) is 16.2. The van der Waals surface area contributed by atoms with Crippen molar-refractivity contribution in [3.8, 4) is 0 Å². The zero-order chi connectivity index (χ0) is 19.1. The van der Waals surface area contributed by atoms with Gasteiger partial charge in [0.25, 0.3) is 5.91 Å². The Hall–Kier alpha value is -1.47. The van der Waals surface area contributed by atoms with Crippen LogP contribution in [-0.2, 0) is 11.2 Å². The van der Waals surface area contributed by atoms with Crippen molar-refractivity contribution in [2.75, 3.05) is 59.0 Å². The molecule has 1 unspecified atom stereocenters. The fourth-order valence-electron chi connectivity index (χ4n) is 4.23. The smallest absolute Gasteiger partial charge is 0.255 e. The Labute approximate surface area is 162 Å². The number of carbonyl (C=O) groups is 1. The van der Waals surface area contributed by atoms with Gasteiger partial charge in [0, 0.05) is 52.4 Å². The molecule has 3 rings (SSSR count). The molecule has 1 aromatic carbocycles. The number of piperazine rings is 1. The molecule has 6 nitrogen and oxygen atoms in total. The maximum atomic E-state index is 12.9. The number of aliphatic hydroxyl groups is 2. The van der Waals surface area contributed by atoms with Crippen LogP contribution in [0.25, 0.3) is 0 Å². The summed E-state index contributed by atoms with van der Waals surface area (Å²) < 4.78 is 0. The second kappa shape index (κ2) is 9.64. The van der Waals surface area contributed by atoms with Gasteiger partial charge in [-0.1, -0.05) is 30.3 Å². The van der Waals surface area contributed by atoms with E-state index in [1.54, 1.807) is 0 Å². The highest BCUT2D eigenvalue weighted by Crippen LogP contribution is 2.25. The molecule has 0 aromatic heterocycles. The van der Waals surface area contributed by atoms with Crippen LogP contribution in [0.5, 0.6) is 0 Å². The fraction of sp³-hybridized carbons (Fsp3) is 0.667. The van der Waals surface area contributed by atoms with E-state index in [1.165, 1.54) is 5.56 Å². The molecule has 2 fully saturated rings. The molecular formula is C21H33N3O3. The summed E-state index contributed by atoms with van der Waals surface area (Å²) in [6.45, 7) is 6.20. The van der Waals surface area contributed by atoms with Crippen molar-refractivity contribution in [2.45, 2.75) is 31.3 Å². The average molecular weight is 376 g/mol. The van der Waals surface area contributed by atoms with Crippen LogP contribution in [0.2, 0.25) is 0 Å². The van der Waals surface area contributed by atoms with E-state index in [4.69, 9.17) is 5.11 Å². The van der Waals surface area contributed by atoms with E-state index in [-0.39, 0.29) is 12.5 Å². The van der Waals surface area contributed by atoms with Crippen LogP contribution < -0.4 is 0 Å². The lowest BCUT2D eigenvalue weighted by molar-refractivity contribution is -0.160. The number of piperidine rings is 1. The van der Waals surface area contributed by atoms with Gasteiger partial charge < -0.3 is 15.1 Å². The summed E-state index contributed by atoms with van der Waals surface area (Å²) >= 11 is 0. The molecule has 2 aliphatic heterocycles. The Morgan fingerprint density at radius 3 is 2.37 bits per heavy atom. The fourth-order valence-corrected chi connectivity index (χ4v) is 4.23. The third-order valence-corrected chi connectivity index (χ3v) is 5.81.